The molecule has 0 radical (unpaired) electrons. The maximum Gasteiger partial charge on any atom is 0.264 e. The van der Waals surface area contributed by atoms with E-state index in [1.807, 2.05) is 72.5 Å². The molecule has 45 heavy (non-hydrogen) atoms. The number of hydrogen-bond donors (Lipinski definition) is 2. The van der Waals surface area contributed by atoms with Crippen LogP contribution in [0.4, 0.5) is 5.69 Å². The molecule has 2 heterocycles. The number of aryl methyl sites for hydroxylation is 1. The van der Waals surface area contributed by atoms with Crippen LogP contribution in [0.2, 0.25) is 0 Å². The second-order valence-electron chi connectivity index (χ2n) is 10.6. The van der Waals surface area contributed by atoms with E-state index in [0.29, 0.717) is 42.2 Å². The lowest BCUT2D eigenvalue weighted by atomic mass is 9.99. The lowest BCUT2D eigenvalue weighted by Gasteiger charge is -2.21. The van der Waals surface area contributed by atoms with Gasteiger partial charge in [-0.05, 0) is 60.2 Å². The van der Waals surface area contributed by atoms with Crippen molar-refractivity contribution in [2.24, 2.45) is 0 Å². The fraction of sp³-hybridized carbons (Fsp3) is 0.312. The zero-order chi connectivity index (χ0) is 32.4. The molecule has 0 aliphatic carbocycles. The van der Waals surface area contributed by atoms with Crippen molar-refractivity contribution in [3.63, 3.8) is 0 Å². The molecule has 5 rings (SSSR count). The number of benzene rings is 3. The summed E-state index contributed by atoms with van der Waals surface area (Å²) < 4.78 is 82.1. The molecular weight excluding hydrogens is 639 g/mol. The molecule has 0 saturated heterocycles. The van der Waals surface area contributed by atoms with Crippen LogP contribution < -0.4 is 14.4 Å². The molecule has 10 nitrogen and oxygen atoms in total. The Hall–Kier alpha value is -3.49. The number of anilines is 1. The number of thioether (sulfide) groups is 1. The quantitative estimate of drug-likeness (QED) is 0.142. The maximum absolute atomic E-state index is 11.5. The van der Waals surface area contributed by atoms with E-state index in [4.69, 9.17) is 13.9 Å². The van der Waals surface area contributed by atoms with Crippen molar-refractivity contribution in [1.29, 1.82) is 0 Å². The molecule has 1 aliphatic rings. The number of nitrogens with zero attached hydrogens (tertiary/aromatic N) is 1. The number of methoxy groups -OCH3 is 2. The third-order valence-corrected chi connectivity index (χ3v) is 10.3. The van der Waals surface area contributed by atoms with Gasteiger partial charge in [0.1, 0.15) is 11.3 Å². The van der Waals surface area contributed by atoms with Crippen molar-refractivity contribution < 1.29 is 39.8 Å². The summed E-state index contributed by atoms with van der Waals surface area (Å²) in [6.07, 6.45) is 5.40. The zero-order valence-corrected chi connectivity index (χ0v) is 27.6. The molecule has 1 aromatic heterocycles. The number of fused-ring (bicyclic) bond motifs is 4. The first-order valence-corrected chi connectivity index (χ1v) is 18.4. The van der Waals surface area contributed by atoms with Gasteiger partial charge in [-0.2, -0.15) is 16.8 Å². The van der Waals surface area contributed by atoms with Crippen molar-refractivity contribution in [3.05, 3.63) is 76.5 Å². The topological polar surface area (TPSA) is 144 Å². The number of allylic oxidation sites excluding steroid dienone is 2. The standard InChI is InChI=1S/C32H35NO9S3/c1-4-21(18-31-33(14-8-16-45(37,38)39)25-19-28(40-2)29(41-3)20-30(25)43-31)17-27-24(11-7-15-44(34,35)36)32-23-10-6-5-9-22(23)12-13-26(32)42-27/h5-6,9-10,12-13,17-20H,4,7-8,11,14-16H2,1-3H3,(H,34,35,36)(H,37,38,39)/b21-17+,31-18-. The van der Waals surface area contributed by atoms with Gasteiger partial charge in [-0.1, -0.05) is 49.0 Å². The molecular formula is C32H35NO9S3. The lowest BCUT2D eigenvalue weighted by Crippen LogP contribution is -2.21. The summed E-state index contributed by atoms with van der Waals surface area (Å²) in [4.78, 5) is 2.90. The van der Waals surface area contributed by atoms with E-state index in [-0.39, 0.29) is 24.3 Å². The van der Waals surface area contributed by atoms with E-state index < -0.39 is 20.2 Å². The molecule has 0 bridgehead atoms. The van der Waals surface area contributed by atoms with Gasteiger partial charge in [-0.15, -0.1) is 0 Å². The molecule has 2 N–H and O–H groups in total. The van der Waals surface area contributed by atoms with E-state index in [1.54, 1.807) is 14.2 Å². The predicted molar refractivity (Wildman–Crippen MR) is 179 cm³/mol. The molecule has 0 atom stereocenters. The Morgan fingerprint density at radius 3 is 2.33 bits per heavy atom. The van der Waals surface area contributed by atoms with Crippen LogP contribution in [0.1, 0.15) is 37.5 Å². The molecule has 1 aliphatic heterocycles. The Balaban J connectivity index is 1.59. The van der Waals surface area contributed by atoms with Gasteiger partial charge in [0.25, 0.3) is 20.2 Å². The van der Waals surface area contributed by atoms with Crippen molar-refractivity contribution in [3.8, 4) is 11.5 Å². The van der Waals surface area contributed by atoms with Crippen molar-refractivity contribution >= 4 is 65.5 Å². The van der Waals surface area contributed by atoms with Crippen LogP contribution >= 0.6 is 11.8 Å². The van der Waals surface area contributed by atoms with Gasteiger partial charge in [0.05, 0.1) is 36.4 Å². The minimum Gasteiger partial charge on any atom is -0.493 e. The predicted octanol–water partition coefficient (Wildman–Crippen LogP) is 6.95. The lowest BCUT2D eigenvalue weighted by molar-refractivity contribution is 0.354. The highest BCUT2D eigenvalue weighted by Gasteiger charge is 2.28. The zero-order valence-electron chi connectivity index (χ0n) is 25.1. The maximum atomic E-state index is 11.5. The normalized spacial score (nSPS) is 14.9. The van der Waals surface area contributed by atoms with E-state index in [2.05, 4.69) is 0 Å². The molecule has 0 fully saturated rings. The van der Waals surface area contributed by atoms with Crippen LogP contribution in [0, 0.1) is 0 Å². The fourth-order valence-corrected chi connectivity index (χ4v) is 7.67. The average molecular weight is 674 g/mol. The van der Waals surface area contributed by atoms with Crippen LogP contribution in [-0.2, 0) is 26.7 Å². The van der Waals surface area contributed by atoms with E-state index in [1.165, 1.54) is 11.8 Å². The van der Waals surface area contributed by atoms with Gasteiger partial charge in [0.2, 0.25) is 0 Å². The second kappa shape index (κ2) is 13.5. The van der Waals surface area contributed by atoms with Crippen LogP contribution in [0.5, 0.6) is 11.5 Å². The summed E-state index contributed by atoms with van der Waals surface area (Å²) in [5.74, 6) is 0.970. The largest absolute Gasteiger partial charge is 0.493 e. The Labute approximate surface area is 267 Å². The smallest absolute Gasteiger partial charge is 0.264 e. The Bertz CT molecular complexity index is 2010. The first kappa shape index (κ1) is 32.9. The van der Waals surface area contributed by atoms with E-state index in [9.17, 15) is 25.9 Å². The summed E-state index contributed by atoms with van der Waals surface area (Å²) in [5.41, 5.74) is 3.29. The second-order valence-corrected chi connectivity index (χ2v) is 14.8. The highest BCUT2D eigenvalue weighted by Crippen LogP contribution is 2.51. The van der Waals surface area contributed by atoms with Gasteiger partial charge in [-0.3, -0.25) is 9.11 Å². The van der Waals surface area contributed by atoms with Gasteiger partial charge < -0.3 is 18.8 Å². The van der Waals surface area contributed by atoms with Crippen LogP contribution in [0.25, 0.3) is 27.8 Å². The van der Waals surface area contributed by atoms with E-state index >= 15 is 0 Å². The van der Waals surface area contributed by atoms with Gasteiger partial charge in [0, 0.05) is 34.5 Å². The average Bonchev–Trinajstić information content (AvgIpc) is 3.51. The molecule has 4 aromatic rings. The number of hydrogen-bond acceptors (Lipinski definition) is 9. The van der Waals surface area contributed by atoms with Crippen molar-refractivity contribution in [2.75, 3.05) is 37.2 Å². The van der Waals surface area contributed by atoms with Crippen LogP contribution in [0.3, 0.4) is 0 Å². The Morgan fingerprint density at radius 1 is 0.956 bits per heavy atom. The van der Waals surface area contributed by atoms with Crippen LogP contribution in [-0.4, -0.2) is 58.2 Å². The highest BCUT2D eigenvalue weighted by atomic mass is 32.2. The summed E-state index contributed by atoms with van der Waals surface area (Å²) >= 11 is 1.51. The highest BCUT2D eigenvalue weighted by molar-refractivity contribution is 8.03. The van der Waals surface area contributed by atoms with Crippen molar-refractivity contribution in [2.45, 2.75) is 37.5 Å². The van der Waals surface area contributed by atoms with Gasteiger partial charge >= 0.3 is 0 Å². The molecule has 0 unspecified atom stereocenters. The molecule has 0 amide bonds. The van der Waals surface area contributed by atoms with E-state index in [0.717, 1.165) is 42.9 Å². The molecule has 240 valence electrons. The van der Waals surface area contributed by atoms with Crippen LogP contribution in [0.15, 0.2) is 74.5 Å². The molecule has 0 saturated carbocycles. The molecule has 3 aromatic carbocycles. The monoisotopic (exact) mass is 673 g/mol. The summed E-state index contributed by atoms with van der Waals surface area (Å²) in [6, 6.07) is 15.5. The fourth-order valence-electron chi connectivity index (χ4n) is 5.49. The molecule has 0 spiro atoms. The van der Waals surface area contributed by atoms with Gasteiger partial charge in [0.15, 0.2) is 11.5 Å². The Morgan fingerprint density at radius 2 is 1.64 bits per heavy atom. The first-order valence-electron chi connectivity index (χ1n) is 14.4. The number of ether oxygens (including phenoxy) is 2. The Kier molecular flexibility index (Phi) is 9.85. The first-order chi connectivity index (χ1) is 21.4. The van der Waals surface area contributed by atoms with Crippen molar-refractivity contribution in [1.82, 2.24) is 0 Å². The summed E-state index contributed by atoms with van der Waals surface area (Å²) in [5, 5.41) is 3.78. The minimum atomic E-state index is -4.13. The number of furan rings is 1. The van der Waals surface area contributed by atoms with Gasteiger partial charge in [-0.25, -0.2) is 0 Å². The third kappa shape index (κ3) is 7.67. The SMILES string of the molecule is CCC(/C=C1\Sc2cc(OC)c(OC)cc2N1CCCS(=O)(=O)O)=C\c1oc2ccc3ccccc3c2c1CCCS(=O)(=O)O. The summed E-state index contributed by atoms with van der Waals surface area (Å²) in [7, 11) is -5.14. The summed E-state index contributed by atoms with van der Waals surface area (Å²) in [6.45, 7) is 2.34. The molecule has 13 heteroatoms. The third-order valence-electron chi connectivity index (χ3n) is 7.59. The minimum absolute atomic E-state index is 0.199. The number of rotatable bonds is 13.